The Labute approximate surface area is 157 Å². The Bertz CT molecular complexity index is 952. The van der Waals surface area contributed by atoms with E-state index < -0.39 is 21.7 Å². The van der Waals surface area contributed by atoms with Crippen molar-refractivity contribution in [2.24, 2.45) is 5.73 Å². The summed E-state index contributed by atoms with van der Waals surface area (Å²) >= 11 is 0. The molecule has 0 radical (unpaired) electrons. The zero-order chi connectivity index (χ0) is 19.3. The lowest BCUT2D eigenvalue weighted by molar-refractivity contribution is 0.136. The molecule has 146 valence electrons. The summed E-state index contributed by atoms with van der Waals surface area (Å²) in [6, 6.07) is 3.48. The molecule has 1 saturated carbocycles. The van der Waals surface area contributed by atoms with E-state index in [1.807, 2.05) is 0 Å². The molecule has 1 aliphatic heterocycles. The Morgan fingerprint density at radius 1 is 1.22 bits per heavy atom. The molecule has 0 saturated heterocycles. The van der Waals surface area contributed by atoms with Gasteiger partial charge in [-0.1, -0.05) is 0 Å². The molecule has 0 amide bonds. The summed E-state index contributed by atoms with van der Waals surface area (Å²) in [7, 11) is -3.38. The predicted molar refractivity (Wildman–Crippen MR) is 96.4 cm³/mol. The lowest BCUT2D eigenvalue weighted by Crippen LogP contribution is -2.44. The molecular weight excluding hydrogens is 374 g/mol. The second-order valence-electron chi connectivity index (χ2n) is 7.54. The van der Waals surface area contributed by atoms with E-state index in [4.69, 9.17) is 5.73 Å². The van der Waals surface area contributed by atoms with Gasteiger partial charge in [0, 0.05) is 42.9 Å². The van der Waals surface area contributed by atoms with Gasteiger partial charge in [0.25, 0.3) is 10.0 Å². The minimum atomic E-state index is -3.38. The largest absolute Gasteiger partial charge is 0.327 e. The van der Waals surface area contributed by atoms with Gasteiger partial charge in [-0.3, -0.25) is 4.90 Å². The van der Waals surface area contributed by atoms with E-state index in [1.165, 1.54) is 6.07 Å². The van der Waals surface area contributed by atoms with E-state index in [0.29, 0.717) is 31.5 Å². The Morgan fingerprint density at radius 2 is 2.00 bits per heavy atom. The van der Waals surface area contributed by atoms with Crippen molar-refractivity contribution in [1.82, 2.24) is 14.1 Å². The molecule has 2 aromatic rings. The number of rotatable bonds is 3. The van der Waals surface area contributed by atoms with Crippen LogP contribution in [0.1, 0.15) is 42.0 Å². The minimum absolute atomic E-state index is 0.198. The molecule has 6 nitrogen and oxygen atoms in total. The van der Waals surface area contributed by atoms with E-state index in [2.05, 4.69) is 10.00 Å². The van der Waals surface area contributed by atoms with Crippen molar-refractivity contribution in [3.05, 3.63) is 52.9 Å². The van der Waals surface area contributed by atoms with Crippen LogP contribution in [0.5, 0.6) is 0 Å². The predicted octanol–water partition coefficient (Wildman–Crippen LogP) is 1.95. The van der Waals surface area contributed by atoms with E-state index in [9.17, 15) is 17.2 Å². The number of nitrogens with two attached hydrogens (primary N) is 1. The second kappa shape index (κ2) is 6.65. The zero-order valence-corrected chi connectivity index (χ0v) is 15.8. The third-order valence-electron chi connectivity index (χ3n) is 5.67. The topological polar surface area (TPSA) is 81.2 Å². The molecule has 1 fully saturated rings. The number of hydrogen-bond acceptors (Lipinski definition) is 5. The highest BCUT2D eigenvalue weighted by Gasteiger charge is 2.36. The van der Waals surface area contributed by atoms with Crippen LogP contribution in [-0.4, -0.2) is 40.8 Å². The maximum Gasteiger partial charge on any atom is 0.250 e. The van der Waals surface area contributed by atoms with Crippen molar-refractivity contribution in [3.63, 3.8) is 0 Å². The summed E-state index contributed by atoms with van der Waals surface area (Å²) in [5, 5.41) is 4.17. The van der Waals surface area contributed by atoms with Crippen molar-refractivity contribution in [1.29, 1.82) is 0 Å². The average Bonchev–Trinajstić information content (AvgIpc) is 3.16. The van der Waals surface area contributed by atoms with Gasteiger partial charge >= 0.3 is 0 Å². The van der Waals surface area contributed by atoms with Gasteiger partial charge in [0.15, 0.2) is 0 Å². The molecule has 4 rings (SSSR count). The molecule has 1 aromatic carbocycles. The number of hydrogen-bond donors (Lipinski definition) is 1. The van der Waals surface area contributed by atoms with Crippen LogP contribution in [0.25, 0.3) is 0 Å². The molecule has 0 bridgehead atoms. The molecular formula is C18H22F2N4O2S. The molecule has 1 aromatic heterocycles. The van der Waals surface area contributed by atoms with Crippen LogP contribution in [0, 0.1) is 11.6 Å². The van der Waals surface area contributed by atoms with Gasteiger partial charge < -0.3 is 5.73 Å². The van der Waals surface area contributed by atoms with Gasteiger partial charge in [-0.2, -0.15) is 9.19 Å². The number of nitrogens with zero attached hydrogens (tertiary/aromatic N) is 3. The van der Waals surface area contributed by atoms with E-state index >= 15 is 0 Å². The monoisotopic (exact) mass is 396 g/mol. The number of halogens is 2. The summed E-state index contributed by atoms with van der Waals surface area (Å²) in [6.45, 7) is 1.20. The lowest BCUT2D eigenvalue weighted by atomic mass is 9.77. The smallest absolute Gasteiger partial charge is 0.250 e. The van der Waals surface area contributed by atoms with Crippen molar-refractivity contribution < 1.29 is 17.2 Å². The van der Waals surface area contributed by atoms with Gasteiger partial charge in [0.2, 0.25) is 0 Å². The summed E-state index contributed by atoms with van der Waals surface area (Å²) in [6.07, 6.45) is 4.88. The van der Waals surface area contributed by atoms with Crippen molar-refractivity contribution in [2.45, 2.75) is 50.4 Å². The Morgan fingerprint density at radius 3 is 2.67 bits per heavy atom. The van der Waals surface area contributed by atoms with Crippen LogP contribution in [-0.2, 0) is 23.1 Å². The normalized spacial score (nSPS) is 26.3. The summed E-state index contributed by atoms with van der Waals surface area (Å²) in [5.41, 5.74) is 8.37. The van der Waals surface area contributed by atoms with E-state index in [0.717, 1.165) is 40.2 Å². The highest BCUT2D eigenvalue weighted by atomic mass is 32.2. The standard InChI is InChI=1S/C18H22F2N4O2S/c1-27(25,26)24-9-11-8-23(10-18(11)22-24)13-3-4-14(17(21)7-13)15-6-12(19)2-5-16(15)20/h2,5-6,9,13-14,17H,3-4,7-8,10,21H2,1H3/t13-,14-,17-/m0/s1. The molecule has 2 aliphatic rings. The quantitative estimate of drug-likeness (QED) is 0.858. The first kappa shape index (κ1) is 18.5. The van der Waals surface area contributed by atoms with Gasteiger partial charge in [-0.15, -0.1) is 0 Å². The highest BCUT2D eigenvalue weighted by molar-refractivity contribution is 7.89. The number of fused-ring (bicyclic) bond motifs is 1. The van der Waals surface area contributed by atoms with E-state index in [-0.39, 0.29) is 18.0 Å². The molecule has 0 spiro atoms. The molecule has 27 heavy (non-hydrogen) atoms. The fourth-order valence-corrected chi connectivity index (χ4v) is 4.84. The van der Waals surface area contributed by atoms with Gasteiger partial charge in [0.05, 0.1) is 11.9 Å². The molecule has 0 unspecified atom stereocenters. The molecule has 3 atom stereocenters. The lowest BCUT2D eigenvalue weighted by Gasteiger charge is -2.38. The first-order valence-corrected chi connectivity index (χ1v) is 10.8. The second-order valence-corrected chi connectivity index (χ2v) is 9.38. The van der Waals surface area contributed by atoms with E-state index in [1.54, 1.807) is 6.20 Å². The SMILES string of the molecule is CS(=O)(=O)n1cc2c(n1)CN([C@H]1CC[C@@H](c3cc(F)ccc3F)[C@@H](N)C1)C2. The number of aromatic nitrogens is 2. The Hall–Kier alpha value is -1.84. The summed E-state index contributed by atoms with van der Waals surface area (Å²) < 4.78 is 51.8. The van der Waals surface area contributed by atoms with Gasteiger partial charge in [-0.25, -0.2) is 17.2 Å². The first-order valence-electron chi connectivity index (χ1n) is 8.95. The Kier molecular flexibility index (Phi) is 4.56. The highest BCUT2D eigenvalue weighted by Crippen LogP contribution is 2.37. The van der Waals surface area contributed by atoms with Crippen LogP contribution >= 0.6 is 0 Å². The van der Waals surface area contributed by atoms with Crippen molar-refractivity contribution >= 4 is 10.0 Å². The maximum atomic E-state index is 14.1. The Balaban J connectivity index is 1.44. The van der Waals surface area contributed by atoms with Crippen LogP contribution in [0.2, 0.25) is 0 Å². The van der Waals surface area contributed by atoms with Crippen LogP contribution in [0.15, 0.2) is 24.4 Å². The molecule has 2 heterocycles. The third-order valence-corrected chi connectivity index (χ3v) is 6.53. The summed E-state index contributed by atoms with van der Waals surface area (Å²) in [4.78, 5) is 2.24. The molecule has 9 heteroatoms. The maximum absolute atomic E-state index is 14.1. The van der Waals surface area contributed by atoms with Gasteiger partial charge in [-0.05, 0) is 43.0 Å². The van der Waals surface area contributed by atoms with Crippen LogP contribution in [0.4, 0.5) is 8.78 Å². The summed E-state index contributed by atoms with van der Waals surface area (Å²) in [5.74, 6) is -1.06. The average molecular weight is 396 g/mol. The van der Waals surface area contributed by atoms with Crippen LogP contribution in [0.3, 0.4) is 0 Å². The third kappa shape index (κ3) is 3.51. The molecule has 2 N–H and O–H groups in total. The number of benzene rings is 1. The van der Waals surface area contributed by atoms with Crippen LogP contribution < -0.4 is 5.73 Å². The fourth-order valence-electron chi connectivity index (χ4n) is 4.28. The van der Waals surface area contributed by atoms with Gasteiger partial charge in [0.1, 0.15) is 11.6 Å². The van der Waals surface area contributed by atoms with Crippen molar-refractivity contribution in [2.75, 3.05) is 6.26 Å². The minimum Gasteiger partial charge on any atom is -0.327 e. The molecule has 1 aliphatic carbocycles. The first-order chi connectivity index (χ1) is 12.7. The fraction of sp³-hybridized carbons (Fsp3) is 0.500. The van der Waals surface area contributed by atoms with Crippen molar-refractivity contribution in [3.8, 4) is 0 Å². The zero-order valence-electron chi connectivity index (χ0n) is 15.0.